The number of alkyl carbamates (subject to hydrolysis) is 1. The van der Waals surface area contributed by atoms with Gasteiger partial charge in [-0.1, -0.05) is 48.2 Å². The Morgan fingerprint density at radius 3 is 2.52 bits per heavy atom. The first-order valence-corrected chi connectivity index (χ1v) is 24.8. The molecule has 69 heavy (non-hydrogen) atoms. The fraction of sp³-hybridized carbons (Fsp3) is 0.633. The quantitative estimate of drug-likeness (QED) is 0.0657. The highest BCUT2D eigenvalue weighted by molar-refractivity contribution is 7.99. The number of nitrogens with two attached hydrogens (primary N) is 1. The van der Waals surface area contributed by atoms with Crippen molar-refractivity contribution in [3.05, 3.63) is 46.5 Å². The molecule has 1 saturated heterocycles. The molecule has 7 atom stereocenters. The molecule has 0 spiro atoms. The average Bonchev–Trinajstić information content (AvgIpc) is 3.30. The fourth-order valence-electron chi connectivity index (χ4n) is 7.91. The van der Waals surface area contributed by atoms with Gasteiger partial charge in [-0.05, 0) is 76.5 Å². The van der Waals surface area contributed by atoms with Crippen LogP contribution in [0.1, 0.15) is 84.6 Å². The number of halogens is 1. The van der Waals surface area contributed by atoms with Crippen LogP contribution in [0, 0.1) is 23.7 Å². The third-order valence-electron chi connectivity index (χ3n) is 12.3. The van der Waals surface area contributed by atoms with Gasteiger partial charge in [0, 0.05) is 72.5 Å². The summed E-state index contributed by atoms with van der Waals surface area (Å²) in [6.07, 6.45) is 10.4. The minimum atomic E-state index is -1.87. The van der Waals surface area contributed by atoms with Crippen molar-refractivity contribution < 1.29 is 57.6 Å². The van der Waals surface area contributed by atoms with Crippen molar-refractivity contribution in [1.82, 2.24) is 20.9 Å². The maximum absolute atomic E-state index is 14.4. The minimum absolute atomic E-state index is 0.0256. The number of anilines is 1. The lowest BCUT2D eigenvalue weighted by Gasteiger charge is -2.43. The number of hydrogen-bond acceptors (Lipinski definition) is 14. The molecule has 2 unspecified atom stereocenters. The van der Waals surface area contributed by atoms with Crippen molar-refractivity contribution in [3.8, 4) is 18.1 Å². The molecule has 2 aliphatic heterocycles. The number of ether oxygens (including phenoxy) is 5. The van der Waals surface area contributed by atoms with Gasteiger partial charge in [-0.15, -0.1) is 6.42 Å². The van der Waals surface area contributed by atoms with Gasteiger partial charge in [0.2, 0.25) is 23.6 Å². The van der Waals surface area contributed by atoms with Gasteiger partial charge in [0.05, 0.1) is 37.0 Å². The largest absolute Gasteiger partial charge is 0.495 e. The van der Waals surface area contributed by atoms with E-state index in [1.165, 1.54) is 49.8 Å². The van der Waals surface area contributed by atoms with E-state index in [4.69, 9.17) is 47.4 Å². The number of likely N-dealkylation sites (N-methyl/N-ethyl adjacent to an activating group) is 1. The molecule has 2 heterocycles. The number of benzene rings is 1. The number of unbranched alkanes of at least 4 members (excludes halogenated alkanes) is 2. The number of terminal acetylenes is 1. The van der Waals surface area contributed by atoms with E-state index < -0.39 is 65.8 Å². The van der Waals surface area contributed by atoms with Crippen LogP contribution < -0.4 is 31.3 Å². The normalized spacial score (nSPS) is 24.8. The van der Waals surface area contributed by atoms with Crippen LogP contribution in [0.25, 0.3) is 0 Å². The summed E-state index contributed by atoms with van der Waals surface area (Å²) in [7, 11) is 5.89. The maximum Gasteiger partial charge on any atom is 0.409 e. The van der Waals surface area contributed by atoms with E-state index >= 15 is 0 Å². The summed E-state index contributed by atoms with van der Waals surface area (Å²) in [5.74, 6) is 1.03. The second-order valence-electron chi connectivity index (χ2n) is 17.8. The zero-order valence-corrected chi connectivity index (χ0v) is 42.9. The topological polar surface area (TPSA) is 237 Å². The first-order valence-electron chi connectivity index (χ1n) is 23.3. The van der Waals surface area contributed by atoms with Crippen molar-refractivity contribution in [1.29, 1.82) is 0 Å². The summed E-state index contributed by atoms with van der Waals surface area (Å²) in [6.45, 7) is 9.01. The molecule has 5 amide bonds. The van der Waals surface area contributed by atoms with Crippen molar-refractivity contribution in [2.24, 2.45) is 17.1 Å². The van der Waals surface area contributed by atoms with E-state index in [0.29, 0.717) is 62.9 Å². The van der Waals surface area contributed by atoms with Crippen LogP contribution in [0.15, 0.2) is 35.9 Å². The summed E-state index contributed by atoms with van der Waals surface area (Å²) in [5, 5.41) is 20.1. The van der Waals surface area contributed by atoms with Gasteiger partial charge in [0.15, 0.2) is 5.72 Å². The summed E-state index contributed by atoms with van der Waals surface area (Å²) in [4.78, 5) is 81.2. The molecule has 20 heteroatoms. The van der Waals surface area contributed by atoms with E-state index in [2.05, 4.69) is 21.9 Å². The number of methoxy groups -OCH3 is 2. The smallest absolute Gasteiger partial charge is 0.409 e. The van der Waals surface area contributed by atoms with Gasteiger partial charge in [-0.2, -0.15) is 11.8 Å². The first kappa shape index (κ1) is 58.5. The molecule has 2 aliphatic rings. The Morgan fingerprint density at radius 1 is 1.12 bits per heavy atom. The highest BCUT2D eigenvalue weighted by Gasteiger charge is 2.49. The Bertz CT molecular complexity index is 2030. The SMILES string of the molecule is C#CC1(C)CC(C)[C@@H]2C[C@@](O)(NC(=O)O2)[C@H](OC)/C=C/C=C(\C)Cc2cc(OC)c(Cl)c(c2)N(C)C(=O)C[C@@H]1OC(=O)[C@H](C)N(C)C(=O)CCSCC(=O)NCCOCCCCCNC(=O)CCN. The number of carbonyl (C=O) groups is 6. The van der Waals surface area contributed by atoms with E-state index in [-0.39, 0.29) is 47.8 Å². The molecule has 1 aromatic carbocycles. The standard InChI is InChI=1S/C49H73ClN6O12S/c1-10-48(5)29-33(3)38-30-49(63,54-47(62)67-38)39(65-9)16-14-15-32(2)25-35-26-36(45(50)37(27-35)64-8)56(7)44(60)28-40(48)68-46(61)34(4)55(6)43(59)18-24-69-31-42(58)53-21-23-66-22-13-11-12-20-52-41(57)17-19-51/h1,14-16,26-27,33-34,38-40,63H,11-13,17-25,28-31,51H2,2-9H3,(H,52,57)(H,53,58)(H,54,62)/b16-14+,32-15+/t33?,34-,38-,39+,40-,48?,49-/m0/s1. The molecule has 0 aliphatic carbocycles. The lowest BCUT2D eigenvalue weighted by molar-refractivity contribution is -0.164. The maximum atomic E-state index is 14.4. The molecular weight excluding hydrogens is 932 g/mol. The van der Waals surface area contributed by atoms with Crippen molar-refractivity contribution in [2.45, 2.75) is 116 Å². The predicted octanol–water partition coefficient (Wildman–Crippen LogP) is 4.28. The number of amides is 5. The van der Waals surface area contributed by atoms with Crippen molar-refractivity contribution in [3.63, 3.8) is 0 Å². The van der Waals surface area contributed by atoms with Gasteiger partial charge in [0.1, 0.15) is 35.1 Å². The molecule has 1 aromatic rings. The number of nitrogens with zero attached hydrogens (tertiary/aromatic N) is 2. The number of esters is 1. The van der Waals surface area contributed by atoms with Crippen molar-refractivity contribution >= 4 is 64.7 Å². The highest BCUT2D eigenvalue weighted by Crippen LogP contribution is 2.40. The Hall–Kier alpha value is -4.84. The number of carbonyl (C=O) groups excluding carboxylic acids is 6. The van der Waals surface area contributed by atoms with E-state index in [1.807, 2.05) is 13.0 Å². The van der Waals surface area contributed by atoms with Gasteiger partial charge >= 0.3 is 12.1 Å². The van der Waals surface area contributed by atoms with Gasteiger partial charge < -0.3 is 55.0 Å². The number of allylic oxidation sites excluding steroid dienone is 3. The molecule has 6 N–H and O–H groups in total. The monoisotopic (exact) mass is 1000 g/mol. The molecular formula is C49H73ClN6O12S. The van der Waals surface area contributed by atoms with Crippen molar-refractivity contribution in [2.75, 3.05) is 77.6 Å². The molecule has 3 rings (SSSR count). The third-order valence-corrected chi connectivity index (χ3v) is 13.6. The Morgan fingerprint density at radius 2 is 1.84 bits per heavy atom. The number of fused-ring (bicyclic) bond motifs is 4. The number of hydrogen-bond donors (Lipinski definition) is 5. The van der Waals surface area contributed by atoms with E-state index in [0.717, 1.165) is 30.4 Å². The predicted molar refractivity (Wildman–Crippen MR) is 266 cm³/mol. The van der Waals surface area contributed by atoms with Gasteiger partial charge in [-0.25, -0.2) is 9.59 Å². The average molecular weight is 1010 g/mol. The van der Waals surface area contributed by atoms with Crippen LogP contribution in [0.5, 0.6) is 5.75 Å². The first-order chi connectivity index (χ1) is 32.7. The molecule has 18 nitrogen and oxygen atoms in total. The summed E-state index contributed by atoms with van der Waals surface area (Å²) < 4.78 is 28.7. The zero-order chi connectivity index (χ0) is 51.3. The van der Waals surface area contributed by atoms with Crippen LogP contribution in [-0.4, -0.2) is 148 Å². The van der Waals surface area contributed by atoms with Crippen LogP contribution >= 0.6 is 23.4 Å². The lowest BCUT2D eigenvalue weighted by Crippen LogP contribution is -2.63. The minimum Gasteiger partial charge on any atom is -0.495 e. The Kier molecular flexibility index (Phi) is 24.3. The fourth-order valence-corrected chi connectivity index (χ4v) is 8.97. The van der Waals surface area contributed by atoms with Crippen LogP contribution in [0.4, 0.5) is 10.5 Å². The Balaban J connectivity index is 1.72. The lowest BCUT2D eigenvalue weighted by atomic mass is 9.73. The third kappa shape index (κ3) is 18.1. The number of nitrogens with one attached hydrogen (secondary N) is 3. The van der Waals surface area contributed by atoms with Crippen LogP contribution in [0.2, 0.25) is 5.02 Å². The van der Waals surface area contributed by atoms with Gasteiger partial charge in [-0.3, -0.25) is 24.5 Å². The van der Waals surface area contributed by atoms with Crippen LogP contribution in [-0.2, 0) is 49.3 Å². The number of rotatable bonds is 21. The molecule has 1 fully saturated rings. The number of aliphatic hydroxyl groups is 1. The van der Waals surface area contributed by atoms with E-state index in [9.17, 15) is 33.9 Å². The molecule has 384 valence electrons. The molecule has 4 bridgehead atoms. The van der Waals surface area contributed by atoms with E-state index in [1.54, 1.807) is 45.2 Å². The molecule has 0 radical (unpaired) electrons. The summed E-state index contributed by atoms with van der Waals surface area (Å²) >= 11 is 8.08. The Labute approximate surface area is 416 Å². The van der Waals surface area contributed by atoms with Gasteiger partial charge in [0.25, 0.3) is 0 Å². The number of thioether (sulfide) groups is 1. The molecule has 0 saturated carbocycles. The summed E-state index contributed by atoms with van der Waals surface area (Å²) in [6, 6.07) is 2.43. The molecule has 0 aromatic heterocycles. The zero-order valence-electron chi connectivity index (χ0n) is 41.4. The highest BCUT2D eigenvalue weighted by atomic mass is 35.5. The second-order valence-corrected chi connectivity index (χ2v) is 19.3. The van der Waals surface area contributed by atoms with Crippen LogP contribution in [0.3, 0.4) is 0 Å². The summed E-state index contributed by atoms with van der Waals surface area (Å²) in [5.41, 5.74) is 4.14. The second kappa shape index (κ2) is 28.7.